The predicted molar refractivity (Wildman–Crippen MR) is 96.1 cm³/mol. The van der Waals surface area contributed by atoms with Gasteiger partial charge in [0.15, 0.2) is 9.84 Å². The van der Waals surface area contributed by atoms with Gasteiger partial charge in [-0.25, -0.2) is 8.42 Å². The molecule has 0 aliphatic rings. The van der Waals surface area contributed by atoms with Crippen LogP contribution in [-0.4, -0.2) is 25.5 Å². The van der Waals surface area contributed by atoms with Crippen LogP contribution < -0.4 is 11.1 Å². The summed E-state index contributed by atoms with van der Waals surface area (Å²) in [5.41, 5.74) is 6.80. The molecule has 0 aromatic heterocycles. The van der Waals surface area contributed by atoms with E-state index in [-0.39, 0.29) is 17.2 Å². The van der Waals surface area contributed by atoms with Crippen molar-refractivity contribution in [3.8, 4) is 0 Å². The summed E-state index contributed by atoms with van der Waals surface area (Å²) in [6.07, 6.45) is 0.139. The first-order chi connectivity index (χ1) is 11.7. The van der Waals surface area contributed by atoms with Gasteiger partial charge < -0.3 is 11.1 Å². The van der Waals surface area contributed by atoms with Crippen molar-refractivity contribution in [2.24, 2.45) is 5.73 Å². The zero-order valence-electron chi connectivity index (χ0n) is 14.0. The molecule has 0 heterocycles. The van der Waals surface area contributed by atoms with Gasteiger partial charge in [-0.1, -0.05) is 12.1 Å². The summed E-state index contributed by atoms with van der Waals surface area (Å²) in [6.45, 7) is 3.22. The smallest absolute Gasteiger partial charge is 0.255 e. The van der Waals surface area contributed by atoms with Crippen molar-refractivity contribution in [1.82, 2.24) is 0 Å². The number of sulfone groups is 1. The minimum atomic E-state index is -3.36. The van der Waals surface area contributed by atoms with Crippen LogP contribution in [0.25, 0.3) is 0 Å². The first-order valence-electron chi connectivity index (χ1n) is 7.72. The van der Waals surface area contributed by atoms with E-state index in [0.29, 0.717) is 11.3 Å². The van der Waals surface area contributed by atoms with Gasteiger partial charge in [0, 0.05) is 11.3 Å². The van der Waals surface area contributed by atoms with Gasteiger partial charge in [0.25, 0.3) is 5.91 Å². The minimum absolute atomic E-state index is 0.139. The van der Waals surface area contributed by atoms with E-state index in [1.807, 2.05) is 0 Å². The Kier molecular flexibility index (Phi) is 5.58. The molecule has 7 heteroatoms. The number of carbonyl (C=O) groups is 2. The van der Waals surface area contributed by atoms with Crippen LogP contribution in [-0.2, 0) is 21.1 Å². The van der Waals surface area contributed by atoms with Crippen LogP contribution >= 0.6 is 0 Å². The molecule has 0 aliphatic heterocycles. The fourth-order valence-electron chi connectivity index (χ4n) is 2.18. The number of hydrogen-bond donors (Lipinski definition) is 2. The lowest BCUT2D eigenvalue weighted by atomic mass is 10.1. The monoisotopic (exact) mass is 360 g/mol. The SMILES string of the molecule is CC(C)S(=O)(=O)c1ccc(C(=O)Nc2ccc(CC(N)=O)cc2)cc1. The van der Waals surface area contributed by atoms with Gasteiger partial charge in [-0.05, 0) is 55.8 Å². The van der Waals surface area contributed by atoms with Crippen molar-refractivity contribution in [3.05, 3.63) is 59.7 Å². The minimum Gasteiger partial charge on any atom is -0.369 e. The van der Waals surface area contributed by atoms with E-state index in [2.05, 4.69) is 5.32 Å². The van der Waals surface area contributed by atoms with Crippen molar-refractivity contribution in [2.45, 2.75) is 30.4 Å². The molecule has 0 bridgehead atoms. The highest BCUT2D eigenvalue weighted by Gasteiger charge is 2.19. The summed E-state index contributed by atoms with van der Waals surface area (Å²) in [4.78, 5) is 23.3. The normalized spacial score (nSPS) is 11.3. The van der Waals surface area contributed by atoms with E-state index in [1.165, 1.54) is 24.3 Å². The van der Waals surface area contributed by atoms with Crippen LogP contribution in [0.3, 0.4) is 0 Å². The Balaban J connectivity index is 2.10. The van der Waals surface area contributed by atoms with E-state index in [0.717, 1.165) is 5.56 Å². The second kappa shape index (κ2) is 7.48. The number of benzene rings is 2. The molecule has 25 heavy (non-hydrogen) atoms. The van der Waals surface area contributed by atoms with Crippen LogP contribution in [0.2, 0.25) is 0 Å². The van der Waals surface area contributed by atoms with Crippen molar-refractivity contribution in [1.29, 1.82) is 0 Å². The van der Waals surface area contributed by atoms with Crippen LogP contribution in [0, 0.1) is 0 Å². The van der Waals surface area contributed by atoms with Crippen LogP contribution in [0.5, 0.6) is 0 Å². The molecular weight excluding hydrogens is 340 g/mol. The molecule has 0 saturated heterocycles. The number of anilines is 1. The third-order valence-corrected chi connectivity index (χ3v) is 5.83. The molecule has 2 amide bonds. The fourth-order valence-corrected chi connectivity index (χ4v) is 3.24. The topological polar surface area (TPSA) is 106 Å². The molecule has 0 spiro atoms. The Hall–Kier alpha value is -2.67. The molecule has 2 aromatic rings. The first kappa shape index (κ1) is 18.7. The van der Waals surface area contributed by atoms with Gasteiger partial charge in [0.1, 0.15) is 0 Å². The van der Waals surface area contributed by atoms with Crippen molar-refractivity contribution >= 4 is 27.3 Å². The summed E-state index contributed by atoms with van der Waals surface area (Å²) in [6, 6.07) is 12.6. The van der Waals surface area contributed by atoms with E-state index >= 15 is 0 Å². The first-order valence-corrected chi connectivity index (χ1v) is 9.27. The molecule has 3 N–H and O–H groups in total. The van der Waals surface area contributed by atoms with Gasteiger partial charge in [0.2, 0.25) is 5.91 Å². The van der Waals surface area contributed by atoms with Gasteiger partial charge in [-0.15, -0.1) is 0 Å². The number of amides is 2. The van der Waals surface area contributed by atoms with Crippen molar-refractivity contribution in [3.63, 3.8) is 0 Å². The van der Waals surface area contributed by atoms with Crippen LogP contribution in [0.4, 0.5) is 5.69 Å². The van der Waals surface area contributed by atoms with E-state index in [1.54, 1.807) is 38.1 Å². The molecular formula is C18H20N2O4S. The fraction of sp³-hybridized carbons (Fsp3) is 0.222. The van der Waals surface area contributed by atoms with Crippen molar-refractivity contribution in [2.75, 3.05) is 5.32 Å². The molecule has 0 atom stereocenters. The average molecular weight is 360 g/mol. The quantitative estimate of drug-likeness (QED) is 0.823. The maximum absolute atomic E-state index is 12.2. The molecule has 0 radical (unpaired) electrons. The summed E-state index contributed by atoms with van der Waals surface area (Å²) >= 11 is 0. The van der Waals surface area contributed by atoms with E-state index < -0.39 is 21.0 Å². The molecule has 0 fully saturated rings. The maximum Gasteiger partial charge on any atom is 0.255 e. The third kappa shape index (κ3) is 4.67. The lowest BCUT2D eigenvalue weighted by Gasteiger charge is -2.09. The summed E-state index contributed by atoms with van der Waals surface area (Å²) in [5.74, 6) is -0.774. The number of carbonyl (C=O) groups excluding carboxylic acids is 2. The highest BCUT2D eigenvalue weighted by Crippen LogP contribution is 2.17. The summed E-state index contributed by atoms with van der Waals surface area (Å²) in [5, 5.41) is 2.19. The van der Waals surface area contributed by atoms with E-state index in [9.17, 15) is 18.0 Å². The Labute approximate surface area is 147 Å². The Bertz CT molecular complexity index is 870. The predicted octanol–water partition coefficient (Wildman–Crippen LogP) is 2.15. The zero-order chi connectivity index (χ0) is 18.6. The molecule has 132 valence electrons. The van der Waals surface area contributed by atoms with E-state index in [4.69, 9.17) is 5.73 Å². The molecule has 0 aliphatic carbocycles. The number of primary amides is 1. The summed E-state index contributed by atoms with van der Waals surface area (Å²) in [7, 11) is -3.36. The van der Waals surface area contributed by atoms with Gasteiger partial charge >= 0.3 is 0 Å². The van der Waals surface area contributed by atoms with Gasteiger partial charge in [-0.3, -0.25) is 9.59 Å². The average Bonchev–Trinajstić information content (AvgIpc) is 2.56. The molecule has 2 rings (SSSR count). The molecule has 6 nitrogen and oxygen atoms in total. The standard InChI is InChI=1S/C18H20N2O4S/c1-12(2)25(23,24)16-9-5-14(6-10-16)18(22)20-15-7-3-13(4-8-15)11-17(19)21/h3-10,12H,11H2,1-2H3,(H2,19,21)(H,20,22). The van der Waals surface area contributed by atoms with Gasteiger partial charge in [0.05, 0.1) is 16.6 Å². The van der Waals surface area contributed by atoms with Crippen molar-refractivity contribution < 1.29 is 18.0 Å². The van der Waals surface area contributed by atoms with Crippen LogP contribution in [0.1, 0.15) is 29.8 Å². The number of nitrogens with two attached hydrogens (primary N) is 1. The third-order valence-electron chi connectivity index (χ3n) is 3.66. The Morgan fingerprint density at radius 3 is 2.04 bits per heavy atom. The molecule has 0 saturated carbocycles. The molecule has 2 aromatic carbocycles. The molecule has 0 unspecified atom stereocenters. The maximum atomic E-state index is 12.2. The van der Waals surface area contributed by atoms with Gasteiger partial charge in [-0.2, -0.15) is 0 Å². The highest BCUT2D eigenvalue weighted by molar-refractivity contribution is 7.92. The second-order valence-corrected chi connectivity index (χ2v) is 8.42. The Morgan fingerprint density at radius 2 is 1.56 bits per heavy atom. The zero-order valence-corrected chi connectivity index (χ0v) is 14.8. The summed E-state index contributed by atoms with van der Waals surface area (Å²) < 4.78 is 24.2. The Morgan fingerprint density at radius 1 is 1.00 bits per heavy atom. The number of rotatable bonds is 6. The largest absolute Gasteiger partial charge is 0.369 e. The van der Waals surface area contributed by atoms with Crippen LogP contribution in [0.15, 0.2) is 53.4 Å². The highest BCUT2D eigenvalue weighted by atomic mass is 32.2. The lowest BCUT2D eigenvalue weighted by molar-refractivity contribution is -0.117. The number of hydrogen-bond acceptors (Lipinski definition) is 4. The lowest BCUT2D eigenvalue weighted by Crippen LogP contribution is -2.15. The number of nitrogens with one attached hydrogen (secondary N) is 1. The second-order valence-electron chi connectivity index (χ2n) is 5.91.